The van der Waals surface area contributed by atoms with Crippen molar-refractivity contribution in [1.82, 2.24) is 4.90 Å². The molecule has 0 aromatic heterocycles. The Hall–Kier alpha value is -2.64. The third-order valence-electron chi connectivity index (χ3n) is 4.18. The van der Waals surface area contributed by atoms with Crippen LogP contribution < -0.4 is 4.74 Å². The number of carbonyl (C=O) groups is 2. The van der Waals surface area contributed by atoms with Gasteiger partial charge in [-0.15, -0.1) is 0 Å². The van der Waals surface area contributed by atoms with Crippen molar-refractivity contribution in [3.05, 3.63) is 70.6 Å². The zero-order valence-corrected chi connectivity index (χ0v) is 16.8. The predicted molar refractivity (Wildman–Crippen MR) is 114 cm³/mol. The second-order valence-corrected chi connectivity index (χ2v) is 7.77. The van der Waals surface area contributed by atoms with Gasteiger partial charge in [0.25, 0.3) is 5.91 Å². The fourth-order valence-electron chi connectivity index (χ4n) is 2.85. The molecular weight excluding hydrogens is 394 g/mol. The molecule has 144 valence electrons. The lowest BCUT2D eigenvalue weighted by Crippen LogP contribution is -2.45. The summed E-state index contributed by atoms with van der Waals surface area (Å²) in [5.41, 5.74) is 1.65. The molecule has 0 bridgehead atoms. The molecule has 0 saturated carbocycles. The maximum atomic E-state index is 12.9. The Morgan fingerprint density at radius 3 is 2.50 bits per heavy atom. The number of ether oxygens (including phenoxy) is 1. The topological polar surface area (TPSA) is 66.8 Å². The van der Waals surface area contributed by atoms with E-state index in [1.807, 2.05) is 61.5 Å². The standard InChI is InChI=1S/C21H19NO4S2/c1-2-26-16-10-8-15(9-11-16)13-18-19(23)22(21(27)28-18)17(20(24)25)12-14-6-4-3-5-7-14/h3-11,13,17H,2,12H2,1H3,(H,24,25)/b18-13-/t17-/m1/s1. The van der Waals surface area contributed by atoms with Crippen LogP contribution in [0.4, 0.5) is 0 Å². The van der Waals surface area contributed by atoms with Gasteiger partial charge in [0.15, 0.2) is 0 Å². The maximum absolute atomic E-state index is 12.9. The van der Waals surface area contributed by atoms with Crippen LogP contribution in [0, 0.1) is 0 Å². The summed E-state index contributed by atoms with van der Waals surface area (Å²) in [4.78, 5) is 26.4. The Morgan fingerprint density at radius 2 is 1.89 bits per heavy atom. The Morgan fingerprint density at radius 1 is 1.21 bits per heavy atom. The number of nitrogens with zero attached hydrogens (tertiary/aromatic N) is 1. The zero-order chi connectivity index (χ0) is 20.1. The number of carbonyl (C=O) groups excluding carboxylic acids is 1. The molecule has 2 aromatic carbocycles. The van der Waals surface area contributed by atoms with Crippen LogP contribution in [-0.2, 0) is 16.0 Å². The van der Waals surface area contributed by atoms with E-state index < -0.39 is 12.0 Å². The van der Waals surface area contributed by atoms with E-state index in [2.05, 4.69) is 0 Å². The van der Waals surface area contributed by atoms with Gasteiger partial charge >= 0.3 is 5.97 Å². The smallest absolute Gasteiger partial charge is 0.327 e. The van der Waals surface area contributed by atoms with Gasteiger partial charge in [-0.05, 0) is 36.3 Å². The summed E-state index contributed by atoms with van der Waals surface area (Å²) in [6.45, 7) is 2.49. The zero-order valence-electron chi connectivity index (χ0n) is 15.2. The first-order valence-corrected chi connectivity index (χ1v) is 9.98. The van der Waals surface area contributed by atoms with Crippen molar-refractivity contribution in [2.75, 3.05) is 6.61 Å². The molecule has 1 amide bonds. The minimum absolute atomic E-state index is 0.193. The molecule has 2 aromatic rings. The molecule has 1 N–H and O–H groups in total. The second-order valence-electron chi connectivity index (χ2n) is 6.10. The van der Waals surface area contributed by atoms with Crippen molar-refractivity contribution in [2.45, 2.75) is 19.4 Å². The highest BCUT2D eigenvalue weighted by Crippen LogP contribution is 2.35. The van der Waals surface area contributed by atoms with E-state index in [1.165, 1.54) is 4.90 Å². The van der Waals surface area contributed by atoms with E-state index in [-0.39, 0.29) is 16.6 Å². The van der Waals surface area contributed by atoms with E-state index in [1.54, 1.807) is 6.08 Å². The number of carboxylic acids is 1. The summed E-state index contributed by atoms with van der Waals surface area (Å²) in [5, 5.41) is 9.69. The van der Waals surface area contributed by atoms with E-state index in [4.69, 9.17) is 17.0 Å². The molecule has 7 heteroatoms. The van der Waals surface area contributed by atoms with Crippen molar-refractivity contribution < 1.29 is 19.4 Å². The molecule has 1 aliphatic rings. The van der Waals surface area contributed by atoms with Crippen molar-refractivity contribution in [3.8, 4) is 5.75 Å². The van der Waals surface area contributed by atoms with Crippen molar-refractivity contribution in [3.63, 3.8) is 0 Å². The minimum atomic E-state index is -1.08. The molecule has 0 aliphatic carbocycles. The number of benzene rings is 2. The summed E-state index contributed by atoms with van der Waals surface area (Å²) in [6, 6.07) is 15.5. The van der Waals surface area contributed by atoms with Crippen LogP contribution in [0.2, 0.25) is 0 Å². The molecule has 0 radical (unpaired) electrons. The maximum Gasteiger partial charge on any atom is 0.327 e. The normalized spacial score (nSPS) is 16.5. The monoisotopic (exact) mass is 413 g/mol. The molecule has 1 heterocycles. The lowest BCUT2D eigenvalue weighted by Gasteiger charge is -2.23. The van der Waals surface area contributed by atoms with Crippen LogP contribution in [-0.4, -0.2) is 38.9 Å². The molecule has 0 spiro atoms. The van der Waals surface area contributed by atoms with E-state index in [9.17, 15) is 14.7 Å². The lowest BCUT2D eigenvalue weighted by atomic mass is 10.0. The summed E-state index contributed by atoms with van der Waals surface area (Å²) in [5.74, 6) is -0.712. The SMILES string of the molecule is CCOc1ccc(/C=C2\SC(=S)N([C@H](Cc3ccccc3)C(=O)O)C2=O)cc1. The Kier molecular flexibility index (Phi) is 6.49. The van der Waals surface area contributed by atoms with Gasteiger partial charge in [0.05, 0.1) is 11.5 Å². The third kappa shape index (κ3) is 4.61. The Labute approximate surface area is 173 Å². The molecule has 1 fully saturated rings. The van der Waals surface area contributed by atoms with Crippen LogP contribution >= 0.6 is 24.0 Å². The number of carboxylic acid groups (broad SMARTS) is 1. The van der Waals surface area contributed by atoms with Crippen molar-refractivity contribution >= 4 is 46.3 Å². The van der Waals surface area contributed by atoms with Gasteiger partial charge in [0, 0.05) is 6.42 Å². The van der Waals surface area contributed by atoms with Crippen LogP contribution in [0.15, 0.2) is 59.5 Å². The number of rotatable bonds is 7. The fourth-order valence-corrected chi connectivity index (χ4v) is 4.21. The van der Waals surface area contributed by atoms with Crippen LogP contribution in [0.3, 0.4) is 0 Å². The van der Waals surface area contributed by atoms with Gasteiger partial charge in [0.1, 0.15) is 16.1 Å². The van der Waals surface area contributed by atoms with Crippen LogP contribution in [0.1, 0.15) is 18.1 Å². The third-order valence-corrected chi connectivity index (χ3v) is 5.51. The first-order chi connectivity index (χ1) is 13.5. The lowest BCUT2D eigenvalue weighted by molar-refractivity contribution is -0.145. The second kappa shape index (κ2) is 9.03. The molecular formula is C21H19NO4S2. The van der Waals surface area contributed by atoms with Crippen LogP contribution in [0.25, 0.3) is 6.08 Å². The van der Waals surface area contributed by atoms with Gasteiger partial charge in [-0.3, -0.25) is 9.69 Å². The minimum Gasteiger partial charge on any atom is -0.494 e. The van der Waals surface area contributed by atoms with Crippen molar-refractivity contribution in [1.29, 1.82) is 0 Å². The predicted octanol–water partition coefficient (Wildman–Crippen LogP) is 3.98. The molecule has 1 saturated heterocycles. The first kappa shape index (κ1) is 20.1. The van der Waals surface area contributed by atoms with Gasteiger partial charge in [-0.2, -0.15) is 0 Å². The van der Waals surface area contributed by atoms with Gasteiger partial charge < -0.3 is 9.84 Å². The molecule has 5 nitrogen and oxygen atoms in total. The van der Waals surface area contributed by atoms with Gasteiger partial charge in [0.2, 0.25) is 0 Å². The molecule has 1 atom stereocenters. The number of hydrogen-bond donors (Lipinski definition) is 1. The average Bonchev–Trinajstić information content (AvgIpc) is 2.95. The van der Waals surface area contributed by atoms with E-state index >= 15 is 0 Å². The Balaban J connectivity index is 1.82. The summed E-state index contributed by atoms with van der Waals surface area (Å²) < 4.78 is 5.67. The highest BCUT2D eigenvalue weighted by molar-refractivity contribution is 8.26. The summed E-state index contributed by atoms with van der Waals surface area (Å²) in [6.07, 6.45) is 1.91. The number of thioether (sulfide) groups is 1. The average molecular weight is 414 g/mol. The van der Waals surface area contributed by atoms with Gasteiger partial charge in [-0.1, -0.05) is 66.4 Å². The quantitative estimate of drug-likeness (QED) is 0.547. The Bertz CT molecular complexity index is 910. The molecule has 3 rings (SSSR count). The van der Waals surface area contributed by atoms with Crippen LogP contribution in [0.5, 0.6) is 5.75 Å². The van der Waals surface area contributed by atoms with Gasteiger partial charge in [-0.25, -0.2) is 4.79 Å². The highest BCUT2D eigenvalue weighted by atomic mass is 32.2. The van der Waals surface area contributed by atoms with Crippen molar-refractivity contribution in [2.24, 2.45) is 0 Å². The molecule has 1 aliphatic heterocycles. The molecule has 0 unspecified atom stereocenters. The number of amides is 1. The summed E-state index contributed by atoms with van der Waals surface area (Å²) >= 11 is 6.44. The summed E-state index contributed by atoms with van der Waals surface area (Å²) in [7, 11) is 0. The number of hydrogen-bond acceptors (Lipinski definition) is 5. The molecule has 28 heavy (non-hydrogen) atoms. The largest absolute Gasteiger partial charge is 0.494 e. The van der Waals surface area contributed by atoms with E-state index in [0.29, 0.717) is 11.5 Å². The highest BCUT2D eigenvalue weighted by Gasteiger charge is 2.40. The number of thiocarbonyl (C=S) groups is 1. The first-order valence-electron chi connectivity index (χ1n) is 8.76. The van der Waals surface area contributed by atoms with E-state index in [0.717, 1.165) is 28.6 Å². The fraction of sp³-hybridized carbons (Fsp3) is 0.190. The number of aliphatic carboxylic acids is 1.